The molecule has 0 bridgehead atoms. The highest BCUT2D eigenvalue weighted by Gasteiger charge is 2.41. The van der Waals surface area contributed by atoms with Crippen LogP contribution in [0.4, 0.5) is 0 Å². The van der Waals surface area contributed by atoms with E-state index in [2.05, 4.69) is 46.7 Å². The maximum absolute atomic E-state index is 14.2. The number of ether oxygens (including phenoxy) is 2. The van der Waals surface area contributed by atoms with Gasteiger partial charge in [0, 0.05) is 41.5 Å². The molecule has 2 unspecified atom stereocenters. The second-order valence-corrected chi connectivity index (χ2v) is 9.87. The zero-order valence-corrected chi connectivity index (χ0v) is 19.8. The van der Waals surface area contributed by atoms with Gasteiger partial charge in [-0.25, -0.2) is 0 Å². The summed E-state index contributed by atoms with van der Waals surface area (Å²) >= 11 is 1.73. The lowest BCUT2D eigenvalue weighted by Crippen LogP contribution is -2.43. The first-order chi connectivity index (χ1) is 16.7. The number of para-hydroxylation sites is 1. The topological polar surface area (TPSA) is 43.7 Å². The molecule has 6 heteroatoms. The quantitative estimate of drug-likeness (QED) is 0.377. The molecule has 0 radical (unpaired) electrons. The second-order valence-electron chi connectivity index (χ2n) is 8.92. The summed E-state index contributed by atoms with van der Waals surface area (Å²) < 4.78 is 13.5. The number of aryl methyl sites for hydroxylation is 1. The van der Waals surface area contributed by atoms with Crippen molar-refractivity contribution in [3.05, 3.63) is 106 Å². The molecular weight excluding hydrogens is 444 g/mol. The standard InChI is InChI=1S/C28H26N2O3S/c1-29-16-23(21-9-5-6-10-24(21)29)28(31)30-13-11-20-12-14-34-27(20)26(30)22(25-17-32-18-33-25)15-19-7-3-2-4-8-19/h2-10,12,14,16-17,22,26H,11,13,15,18H2,1H3. The first kappa shape index (κ1) is 21.1. The van der Waals surface area contributed by atoms with E-state index < -0.39 is 0 Å². The molecular formula is C28H26N2O3S. The number of aromatic nitrogens is 1. The fraction of sp³-hybridized carbons (Fsp3) is 0.250. The minimum atomic E-state index is -0.122. The summed E-state index contributed by atoms with van der Waals surface area (Å²) in [6.07, 6.45) is 5.32. The molecule has 5 nitrogen and oxygen atoms in total. The zero-order valence-electron chi connectivity index (χ0n) is 19.0. The summed E-state index contributed by atoms with van der Waals surface area (Å²) in [5.74, 6) is 0.839. The van der Waals surface area contributed by atoms with Crippen molar-refractivity contribution in [2.24, 2.45) is 13.0 Å². The molecule has 2 aliphatic rings. The summed E-state index contributed by atoms with van der Waals surface area (Å²) in [6, 6.07) is 20.6. The van der Waals surface area contributed by atoms with Crippen LogP contribution >= 0.6 is 11.3 Å². The number of rotatable bonds is 5. The summed E-state index contributed by atoms with van der Waals surface area (Å²) in [4.78, 5) is 17.5. The van der Waals surface area contributed by atoms with E-state index in [1.54, 1.807) is 17.6 Å². The Morgan fingerprint density at radius 3 is 2.76 bits per heavy atom. The number of thiophene rings is 1. The van der Waals surface area contributed by atoms with Crippen LogP contribution in [0.2, 0.25) is 0 Å². The third-order valence-electron chi connectivity index (χ3n) is 6.93. The number of nitrogens with zero attached hydrogens (tertiary/aromatic N) is 2. The Bertz CT molecular complexity index is 1370. The molecule has 0 saturated carbocycles. The van der Waals surface area contributed by atoms with Gasteiger partial charge < -0.3 is 18.9 Å². The molecule has 0 spiro atoms. The smallest absolute Gasteiger partial charge is 0.256 e. The predicted molar refractivity (Wildman–Crippen MR) is 133 cm³/mol. The summed E-state index contributed by atoms with van der Waals surface area (Å²) in [5.41, 5.74) is 4.35. The monoisotopic (exact) mass is 470 g/mol. The van der Waals surface area contributed by atoms with Gasteiger partial charge in [0.2, 0.25) is 6.79 Å². The predicted octanol–water partition coefficient (Wildman–Crippen LogP) is 5.68. The van der Waals surface area contributed by atoms with Crippen LogP contribution in [-0.2, 0) is 29.4 Å². The van der Waals surface area contributed by atoms with Crippen LogP contribution in [0.3, 0.4) is 0 Å². The fourth-order valence-corrected chi connectivity index (χ4v) is 6.44. The van der Waals surface area contributed by atoms with E-state index >= 15 is 0 Å². The van der Waals surface area contributed by atoms with Crippen molar-refractivity contribution >= 4 is 28.1 Å². The van der Waals surface area contributed by atoms with E-state index in [1.165, 1.54) is 16.0 Å². The van der Waals surface area contributed by atoms with Gasteiger partial charge in [0.25, 0.3) is 5.91 Å². The van der Waals surface area contributed by atoms with Crippen LogP contribution in [0.15, 0.2) is 84.3 Å². The van der Waals surface area contributed by atoms with Crippen LogP contribution in [0.25, 0.3) is 10.9 Å². The molecule has 4 heterocycles. The normalized spacial score (nSPS) is 18.2. The molecule has 0 N–H and O–H groups in total. The van der Waals surface area contributed by atoms with E-state index in [1.807, 2.05) is 42.1 Å². The average molecular weight is 471 g/mol. The Morgan fingerprint density at radius 2 is 1.94 bits per heavy atom. The lowest BCUT2D eigenvalue weighted by atomic mass is 9.84. The molecule has 172 valence electrons. The van der Waals surface area contributed by atoms with Gasteiger partial charge in [0.05, 0.1) is 11.6 Å². The molecule has 2 aromatic carbocycles. The van der Waals surface area contributed by atoms with Gasteiger partial charge in [-0.2, -0.15) is 0 Å². The molecule has 0 fully saturated rings. The number of carbonyl (C=O) groups is 1. The Hall–Kier alpha value is -3.51. The molecule has 1 amide bonds. The lowest BCUT2D eigenvalue weighted by molar-refractivity contribution is 0.0444. The van der Waals surface area contributed by atoms with Crippen LogP contribution in [-0.4, -0.2) is 28.7 Å². The van der Waals surface area contributed by atoms with Crippen molar-refractivity contribution < 1.29 is 14.3 Å². The van der Waals surface area contributed by atoms with Crippen molar-refractivity contribution in [1.29, 1.82) is 0 Å². The summed E-state index contributed by atoms with van der Waals surface area (Å²) in [5, 5.41) is 3.13. The van der Waals surface area contributed by atoms with Gasteiger partial charge in [-0.15, -0.1) is 11.3 Å². The third kappa shape index (κ3) is 3.59. The van der Waals surface area contributed by atoms with Gasteiger partial charge in [0.15, 0.2) is 0 Å². The number of fused-ring (bicyclic) bond motifs is 2. The number of amides is 1. The van der Waals surface area contributed by atoms with Crippen molar-refractivity contribution in [2.45, 2.75) is 18.9 Å². The molecule has 6 rings (SSSR count). The SMILES string of the molecule is Cn1cc(C(=O)N2CCc3ccsc3C2C(Cc2ccccc2)C2=COCO2)c2ccccc21. The second kappa shape index (κ2) is 8.69. The molecule has 2 aromatic heterocycles. The molecule has 0 aliphatic carbocycles. The maximum Gasteiger partial charge on any atom is 0.256 e. The van der Waals surface area contributed by atoms with Crippen LogP contribution in [0.1, 0.15) is 32.4 Å². The van der Waals surface area contributed by atoms with E-state index in [4.69, 9.17) is 9.47 Å². The molecule has 0 saturated heterocycles. The Balaban J connectivity index is 1.45. The highest BCUT2D eigenvalue weighted by atomic mass is 32.1. The number of carbonyl (C=O) groups excluding carboxylic acids is 1. The minimum Gasteiger partial charge on any atom is -0.462 e. The molecule has 2 atom stereocenters. The van der Waals surface area contributed by atoms with Gasteiger partial charge >= 0.3 is 0 Å². The van der Waals surface area contributed by atoms with Crippen molar-refractivity contribution in [1.82, 2.24) is 9.47 Å². The van der Waals surface area contributed by atoms with Crippen LogP contribution in [0, 0.1) is 5.92 Å². The maximum atomic E-state index is 14.2. The third-order valence-corrected chi connectivity index (χ3v) is 7.96. The summed E-state index contributed by atoms with van der Waals surface area (Å²) in [6.45, 7) is 0.901. The number of benzene rings is 2. The Kier molecular flexibility index (Phi) is 5.38. The van der Waals surface area contributed by atoms with Crippen molar-refractivity contribution in [2.75, 3.05) is 13.3 Å². The van der Waals surface area contributed by atoms with Gasteiger partial charge in [0.1, 0.15) is 12.0 Å². The summed E-state index contributed by atoms with van der Waals surface area (Å²) in [7, 11) is 2.00. The highest BCUT2D eigenvalue weighted by Crippen LogP contribution is 2.44. The van der Waals surface area contributed by atoms with Crippen LogP contribution in [0.5, 0.6) is 0 Å². The number of hydrogen-bond acceptors (Lipinski definition) is 4. The van der Waals surface area contributed by atoms with E-state index in [0.717, 1.165) is 35.1 Å². The van der Waals surface area contributed by atoms with E-state index in [0.29, 0.717) is 6.54 Å². The first-order valence-corrected chi connectivity index (χ1v) is 12.5. The van der Waals surface area contributed by atoms with Gasteiger partial charge in [-0.3, -0.25) is 4.79 Å². The van der Waals surface area contributed by atoms with Crippen molar-refractivity contribution in [3.8, 4) is 0 Å². The highest BCUT2D eigenvalue weighted by molar-refractivity contribution is 7.10. The largest absolute Gasteiger partial charge is 0.462 e. The van der Waals surface area contributed by atoms with E-state index in [-0.39, 0.29) is 24.7 Å². The lowest BCUT2D eigenvalue weighted by Gasteiger charge is -2.40. The minimum absolute atomic E-state index is 0.0403. The zero-order chi connectivity index (χ0) is 23.1. The molecule has 2 aliphatic heterocycles. The van der Waals surface area contributed by atoms with Crippen LogP contribution < -0.4 is 0 Å². The Morgan fingerprint density at radius 1 is 1.12 bits per heavy atom. The molecule has 4 aromatic rings. The Labute approximate surface area is 202 Å². The first-order valence-electron chi connectivity index (χ1n) is 11.6. The average Bonchev–Trinajstić information content (AvgIpc) is 3.63. The fourth-order valence-electron chi connectivity index (χ4n) is 5.31. The number of hydrogen-bond donors (Lipinski definition) is 0. The van der Waals surface area contributed by atoms with E-state index in [9.17, 15) is 4.79 Å². The van der Waals surface area contributed by atoms with Gasteiger partial charge in [-0.1, -0.05) is 48.5 Å². The van der Waals surface area contributed by atoms with Gasteiger partial charge in [-0.05, 0) is 41.5 Å². The van der Waals surface area contributed by atoms with Crippen molar-refractivity contribution in [3.63, 3.8) is 0 Å². The molecule has 34 heavy (non-hydrogen) atoms.